The van der Waals surface area contributed by atoms with Gasteiger partial charge in [0.25, 0.3) is 0 Å². The number of hydrogen-bond acceptors (Lipinski definition) is 5. The van der Waals surface area contributed by atoms with Crippen LogP contribution in [0.25, 0.3) is 6.08 Å². The molecule has 126 valence electrons. The molecule has 0 saturated carbocycles. The summed E-state index contributed by atoms with van der Waals surface area (Å²) in [7, 11) is 0. The first-order chi connectivity index (χ1) is 11.9. The molecule has 3 rings (SSSR count). The molecular weight excluding hydrogens is 318 g/mol. The number of carbonyl (C=O) groups is 2. The molecule has 0 bridgehead atoms. The van der Waals surface area contributed by atoms with Gasteiger partial charge in [-0.1, -0.05) is 18.2 Å². The smallest absolute Gasteiger partial charge is 0.363 e. The first kappa shape index (κ1) is 16.6. The Hall–Kier alpha value is -3.21. The van der Waals surface area contributed by atoms with Crippen LogP contribution in [0, 0.1) is 13.8 Å². The van der Waals surface area contributed by atoms with Crippen LogP contribution in [-0.4, -0.2) is 17.8 Å². The second-order valence-corrected chi connectivity index (χ2v) is 5.78. The van der Waals surface area contributed by atoms with Crippen molar-refractivity contribution in [3.05, 3.63) is 70.4 Å². The lowest BCUT2D eigenvalue weighted by Crippen LogP contribution is -2.05. The van der Waals surface area contributed by atoms with Crippen LogP contribution in [-0.2, 0) is 14.3 Å². The number of nitrogens with zero attached hydrogens (tertiary/aromatic N) is 1. The third-order valence-electron chi connectivity index (χ3n) is 3.67. The fraction of sp³-hybridized carbons (Fsp3) is 0.150. The summed E-state index contributed by atoms with van der Waals surface area (Å²) in [4.78, 5) is 27.5. The number of aryl methyl sites for hydroxylation is 2. The van der Waals surface area contributed by atoms with Crippen LogP contribution in [0.3, 0.4) is 0 Å². The molecule has 0 N–H and O–H groups in total. The first-order valence-corrected chi connectivity index (χ1v) is 7.81. The standard InChI is InChI=1S/C20H17NO4/c1-12-9-15(10-13(2)18(12)24-14(3)22)11-17-20(23)25-19(21-17)16-7-5-4-6-8-16/h4-11H,1-3H3. The van der Waals surface area contributed by atoms with Crippen LogP contribution >= 0.6 is 0 Å². The van der Waals surface area contributed by atoms with E-state index >= 15 is 0 Å². The summed E-state index contributed by atoms with van der Waals surface area (Å²) in [6.07, 6.45) is 1.66. The molecule has 0 spiro atoms. The van der Waals surface area contributed by atoms with Crippen LogP contribution in [0.1, 0.15) is 29.2 Å². The van der Waals surface area contributed by atoms with Crippen LogP contribution < -0.4 is 4.74 Å². The van der Waals surface area contributed by atoms with E-state index in [-0.39, 0.29) is 11.7 Å². The molecule has 0 amide bonds. The van der Waals surface area contributed by atoms with Gasteiger partial charge in [-0.15, -0.1) is 0 Å². The predicted octanol–water partition coefficient (Wildman–Crippen LogP) is 3.57. The fourth-order valence-electron chi connectivity index (χ4n) is 2.64. The summed E-state index contributed by atoms with van der Waals surface area (Å²) in [5, 5.41) is 0. The van der Waals surface area contributed by atoms with Crippen molar-refractivity contribution in [2.45, 2.75) is 20.8 Å². The summed E-state index contributed by atoms with van der Waals surface area (Å²) in [6, 6.07) is 12.9. The van der Waals surface area contributed by atoms with Gasteiger partial charge < -0.3 is 9.47 Å². The zero-order valence-corrected chi connectivity index (χ0v) is 14.2. The molecule has 0 aromatic heterocycles. The lowest BCUT2D eigenvalue weighted by atomic mass is 10.0. The Morgan fingerprint density at radius 2 is 1.76 bits per heavy atom. The van der Waals surface area contributed by atoms with Gasteiger partial charge in [0, 0.05) is 12.5 Å². The molecule has 0 aliphatic carbocycles. The third kappa shape index (κ3) is 3.66. The van der Waals surface area contributed by atoms with E-state index in [1.54, 1.807) is 6.08 Å². The number of aliphatic imine (C=N–C) groups is 1. The predicted molar refractivity (Wildman–Crippen MR) is 94.3 cm³/mol. The minimum Gasteiger partial charge on any atom is -0.426 e. The van der Waals surface area contributed by atoms with Gasteiger partial charge in [0.1, 0.15) is 5.75 Å². The molecule has 2 aromatic carbocycles. The van der Waals surface area contributed by atoms with E-state index in [9.17, 15) is 9.59 Å². The van der Waals surface area contributed by atoms with Gasteiger partial charge in [0.15, 0.2) is 5.70 Å². The summed E-state index contributed by atoms with van der Waals surface area (Å²) in [5.74, 6) is -0.0223. The zero-order chi connectivity index (χ0) is 18.0. The summed E-state index contributed by atoms with van der Waals surface area (Å²) in [6.45, 7) is 5.06. The molecule has 2 aromatic rings. The lowest BCUT2D eigenvalue weighted by molar-refractivity contribution is -0.132. The van der Waals surface area contributed by atoms with Gasteiger partial charge in [-0.3, -0.25) is 4.79 Å². The molecule has 25 heavy (non-hydrogen) atoms. The van der Waals surface area contributed by atoms with Gasteiger partial charge in [-0.2, -0.15) is 0 Å². The van der Waals surface area contributed by atoms with E-state index in [0.29, 0.717) is 11.6 Å². The molecular formula is C20H17NO4. The maximum absolute atomic E-state index is 12.1. The Bertz CT molecular complexity index is 888. The average molecular weight is 335 g/mol. The number of rotatable bonds is 3. The Kier molecular flexibility index (Phi) is 4.48. The Labute approximate surface area is 145 Å². The molecule has 5 heteroatoms. The summed E-state index contributed by atoms with van der Waals surface area (Å²) < 4.78 is 10.5. The minimum atomic E-state index is -0.488. The number of cyclic esters (lactones) is 1. The van der Waals surface area contributed by atoms with Gasteiger partial charge in [0.2, 0.25) is 5.90 Å². The molecule has 0 radical (unpaired) electrons. The molecule has 1 heterocycles. The number of esters is 2. The van der Waals surface area contributed by atoms with Crippen molar-refractivity contribution in [3.8, 4) is 5.75 Å². The highest BCUT2D eigenvalue weighted by atomic mass is 16.6. The average Bonchev–Trinajstić information content (AvgIpc) is 2.92. The van der Waals surface area contributed by atoms with Gasteiger partial charge >= 0.3 is 11.9 Å². The van der Waals surface area contributed by atoms with E-state index in [2.05, 4.69) is 4.99 Å². The van der Waals surface area contributed by atoms with E-state index in [1.807, 2.05) is 56.3 Å². The van der Waals surface area contributed by atoms with Gasteiger partial charge in [0.05, 0.1) is 0 Å². The van der Waals surface area contributed by atoms with E-state index in [0.717, 1.165) is 22.3 Å². The second-order valence-electron chi connectivity index (χ2n) is 5.78. The number of ether oxygens (including phenoxy) is 2. The maximum Gasteiger partial charge on any atom is 0.363 e. The largest absolute Gasteiger partial charge is 0.426 e. The molecule has 1 aliphatic heterocycles. The van der Waals surface area contributed by atoms with Crippen LogP contribution in [0.5, 0.6) is 5.75 Å². The Balaban J connectivity index is 1.94. The molecule has 5 nitrogen and oxygen atoms in total. The van der Waals surface area contributed by atoms with Crippen molar-refractivity contribution in [1.29, 1.82) is 0 Å². The topological polar surface area (TPSA) is 65.0 Å². The summed E-state index contributed by atoms with van der Waals surface area (Å²) in [5.41, 5.74) is 3.38. The molecule has 0 atom stereocenters. The Morgan fingerprint density at radius 3 is 2.36 bits per heavy atom. The van der Waals surface area contributed by atoms with E-state index in [1.165, 1.54) is 6.92 Å². The van der Waals surface area contributed by atoms with Crippen molar-refractivity contribution in [3.63, 3.8) is 0 Å². The van der Waals surface area contributed by atoms with Crippen molar-refractivity contribution in [1.82, 2.24) is 0 Å². The van der Waals surface area contributed by atoms with Crippen LogP contribution in [0.2, 0.25) is 0 Å². The normalized spacial score (nSPS) is 15.1. The van der Waals surface area contributed by atoms with Crippen molar-refractivity contribution in [2.24, 2.45) is 4.99 Å². The molecule has 0 unspecified atom stereocenters. The maximum atomic E-state index is 12.1. The molecule has 0 saturated heterocycles. The Morgan fingerprint density at radius 1 is 1.12 bits per heavy atom. The zero-order valence-electron chi connectivity index (χ0n) is 14.2. The second kappa shape index (κ2) is 6.73. The number of benzene rings is 2. The van der Waals surface area contributed by atoms with Crippen LogP contribution in [0.4, 0.5) is 0 Å². The van der Waals surface area contributed by atoms with Crippen molar-refractivity contribution < 1.29 is 19.1 Å². The minimum absolute atomic E-state index is 0.234. The van der Waals surface area contributed by atoms with Gasteiger partial charge in [-0.25, -0.2) is 9.79 Å². The highest BCUT2D eigenvalue weighted by Gasteiger charge is 2.24. The third-order valence-corrected chi connectivity index (χ3v) is 3.67. The van der Waals surface area contributed by atoms with Crippen molar-refractivity contribution >= 4 is 23.9 Å². The van der Waals surface area contributed by atoms with E-state index in [4.69, 9.17) is 9.47 Å². The lowest BCUT2D eigenvalue weighted by Gasteiger charge is -2.10. The SMILES string of the molecule is CC(=O)Oc1c(C)cc(C=C2N=C(c3ccccc3)OC2=O)cc1C. The van der Waals surface area contributed by atoms with E-state index < -0.39 is 5.97 Å². The first-order valence-electron chi connectivity index (χ1n) is 7.81. The molecule has 1 aliphatic rings. The number of hydrogen-bond donors (Lipinski definition) is 0. The monoisotopic (exact) mass is 335 g/mol. The number of carbonyl (C=O) groups excluding carboxylic acids is 2. The quantitative estimate of drug-likeness (QED) is 0.489. The highest BCUT2D eigenvalue weighted by Crippen LogP contribution is 2.27. The highest BCUT2D eigenvalue weighted by molar-refractivity contribution is 6.12. The summed E-state index contributed by atoms with van der Waals surface area (Å²) >= 11 is 0. The van der Waals surface area contributed by atoms with Crippen molar-refractivity contribution in [2.75, 3.05) is 0 Å². The van der Waals surface area contributed by atoms with Crippen LogP contribution in [0.15, 0.2) is 53.2 Å². The van der Waals surface area contributed by atoms with Gasteiger partial charge in [-0.05, 0) is 60.9 Å². The fourth-order valence-corrected chi connectivity index (χ4v) is 2.64. The molecule has 0 fully saturated rings.